The Bertz CT molecular complexity index is 1630. The summed E-state index contributed by atoms with van der Waals surface area (Å²) in [5, 5.41) is 21.2. The van der Waals surface area contributed by atoms with E-state index < -0.39 is 30.7 Å². The number of carbonyl (C=O) groups excluding carboxylic acids is 6. The molecule has 82 heavy (non-hydrogen) atoms. The number of ether oxygens (including phenoxy) is 6. The molecule has 5 unspecified atom stereocenters. The summed E-state index contributed by atoms with van der Waals surface area (Å²) in [6.45, 7) is 16.8. The normalized spacial score (nSPS) is 13.2. The van der Waals surface area contributed by atoms with E-state index in [0.29, 0.717) is 67.0 Å². The Morgan fingerprint density at radius 1 is 0.439 bits per heavy atom. The summed E-state index contributed by atoms with van der Waals surface area (Å²) >= 11 is 0. The number of nitrogens with zero attached hydrogens (tertiary/aromatic N) is 2. The Hall–Kier alpha value is -3.28. The van der Waals surface area contributed by atoms with Crippen molar-refractivity contribution in [1.29, 1.82) is 0 Å². The molecule has 0 aliphatic rings. The molecule has 18 heteroatoms. The minimum Gasteiger partial charge on any atom is -1.00 e. The number of allylic oxidation sites excluding steroid dienone is 1. The molecule has 5 atom stereocenters. The second-order valence-electron chi connectivity index (χ2n) is 23.2. The maximum atomic E-state index is 12.8. The smallest absolute Gasteiger partial charge is 0.362 e. The van der Waals surface area contributed by atoms with Crippen LogP contribution >= 0.6 is 0 Å². The first-order valence-corrected chi connectivity index (χ1v) is 31.5. The number of hydrogen-bond acceptors (Lipinski definition) is 14. The van der Waals surface area contributed by atoms with Gasteiger partial charge in [-0.1, -0.05) is 168 Å². The molecule has 0 spiro atoms. The molecule has 0 aliphatic carbocycles. The molecule has 0 bridgehead atoms. The Morgan fingerprint density at radius 3 is 1.17 bits per heavy atom. The number of carbonyl (C=O) groups is 6. The zero-order valence-corrected chi connectivity index (χ0v) is 54.9. The van der Waals surface area contributed by atoms with Crippen molar-refractivity contribution in [1.82, 2.24) is 0 Å². The number of rotatable bonds is 52. The molecular formula is C64H120Cl2N2O14. The summed E-state index contributed by atoms with van der Waals surface area (Å²) in [6, 6.07) is 0. The van der Waals surface area contributed by atoms with Crippen molar-refractivity contribution in [2.24, 2.45) is 0 Å². The Kier molecular flexibility index (Phi) is 59.0. The molecular weight excluding hydrogens is 1090 g/mol. The van der Waals surface area contributed by atoms with Crippen LogP contribution in [0, 0.1) is 0 Å². The minimum absolute atomic E-state index is 0. The zero-order valence-electron chi connectivity index (χ0n) is 53.3. The van der Waals surface area contributed by atoms with Gasteiger partial charge in [-0.05, 0) is 70.6 Å². The summed E-state index contributed by atoms with van der Waals surface area (Å²) < 4.78 is 33.3. The van der Waals surface area contributed by atoms with Crippen molar-refractivity contribution in [3.8, 4) is 0 Å². The van der Waals surface area contributed by atoms with Gasteiger partial charge in [0.2, 0.25) is 6.29 Å². The predicted molar refractivity (Wildman–Crippen MR) is 319 cm³/mol. The SMILES string of the molecule is C=CCC(O)C(CCCCCC)OC(=O)C[N+](C)(C)CCOC(C)=O.CCCCCCCCCC(OC(=O)CCCCCCC)OC(=O)CCCCCCCC=CCC(O)C(CCCCCC)OC(=O)C[N+](C)(C)CCOC(C)=O.[Cl-].[Cl-]. The van der Waals surface area contributed by atoms with Gasteiger partial charge in [-0.3, -0.25) is 19.2 Å². The first kappa shape index (κ1) is 85.2. The predicted octanol–water partition coefficient (Wildman–Crippen LogP) is 6.91. The van der Waals surface area contributed by atoms with Crippen LogP contribution in [0.3, 0.4) is 0 Å². The molecule has 0 amide bonds. The minimum atomic E-state index is -0.781. The lowest BCUT2D eigenvalue weighted by Crippen LogP contribution is -3.00. The second-order valence-corrected chi connectivity index (χ2v) is 23.2. The molecule has 0 aliphatic heterocycles. The van der Waals surface area contributed by atoms with Gasteiger partial charge in [0, 0.05) is 33.1 Å². The molecule has 0 saturated carbocycles. The maximum Gasteiger partial charge on any atom is 0.362 e. The van der Waals surface area contributed by atoms with Gasteiger partial charge < -0.3 is 72.4 Å². The molecule has 484 valence electrons. The molecule has 16 nitrogen and oxygen atoms in total. The van der Waals surface area contributed by atoms with E-state index in [1.165, 1.54) is 46.0 Å². The Labute approximate surface area is 511 Å². The highest BCUT2D eigenvalue weighted by Gasteiger charge is 2.29. The summed E-state index contributed by atoms with van der Waals surface area (Å²) in [5.74, 6) is -1.94. The number of unbranched alkanes of at least 4 members (excludes halogenated alkanes) is 21. The monoisotopic (exact) mass is 1210 g/mol. The Morgan fingerprint density at radius 2 is 0.780 bits per heavy atom. The van der Waals surface area contributed by atoms with Crippen molar-refractivity contribution in [3.05, 3.63) is 24.8 Å². The van der Waals surface area contributed by atoms with Gasteiger partial charge in [0.25, 0.3) is 0 Å². The lowest BCUT2D eigenvalue weighted by molar-refractivity contribution is -0.883. The fraction of sp³-hybridized carbons (Fsp3) is 0.844. The summed E-state index contributed by atoms with van der Waals surface area (Å²) in [7, 11) is 7.53. The standard InChI is InChI=1S/C45H84NO9.C19H36NO5.2ClH/c1-7-10-13-16-19-25-30-35-45(54-42(49)33-28-22-14-11-8-2)55-43(50)34-29-24-21-18-17-20-23-26-31-40(48)41(32-27-15-12-9-3)53-44(51)38-46(5,6)36-37-52-39(4)47;1-6-8-9-10-12-18(17(22)11-7-2)25-19(23)15-20(4,5)13-14-24-16(3)21;;/h23,26,40-41,45,48H,7-22,24-25,27-38H2,1-6H3;7,17-18,22H,2,6,8-15H2,1,3-5H3;2*1H/q2*+1;;/p-2. The van der Waals surface area contributed by atoms with E-state index in [0.717, 1.165) is 135 Å². The van der Waals surface area contributed by atoms with E-state index in [2.05, 4.69) is 40.3 Å². The van der Waals surface area contributed by atoms with Gasteiger partial charge in [0.05, 0.1) is 40.4 Å². The van der Waals surface area contributed by atoms with Gasteiger partial charge in [-0.25, -0.2) is 9.59 Å². The number of likely N-dealkylation sites (N-methyl/N-ethyl adjacent to an activating group) is 2. The first-order valence-electron chi connectivity index (χ1n) is 31.5. The number of esters is 6. The molecule has 0 saturated heterocycles. The number of hydrogen-bond donors (Lipinski definition) is 2. The van der Waals surface area contributed by atoms with Crippen molar-refractivity contribution in [2.45, 2.75) is 284 Å². The lowest BCUT2D eigenvalue weighted by atomic mass is 10.0. The number of halogens is 2. The van der Waals surface area contributed by atoms with Crippen molar-refractivity contribution >= 4 is 35.8 Å². The van der Waals surface area contributed by atoms with E-state index in [1.807, 2.05) is 34.3 Å². The molecule has 0 heterocycles. The van der Waals surface area contributed by atoms with E-state index >= 15 is 0 Å². The van der Waals surface area contributed by atoms with Gasteiger partial charge >= 0.3 is 35.8 Å². The van der Waals surface area contributed by atoms with Gasteiger partial charge in [0.15, 0.2) is 13.1 Å². The topological polar surface area (TPSA) is 198 Å². The van der Waals surface area contributed by atoms with Crippen LogP contribution in [0.15, 0.2) is 24.8 Å². The van der Waals surface area contributed by atoms with Crippen LogP contribution in [0.1, 0.15) is 253 Å². The quantitative estimate of drug-likeness (QED) is 0.0159. The van der Waals surface area contributed by atoms with Crippen LogP contribution in [0.25, 0.3) is 0 Å². The van der Waals surface area contributed by atoms with E-state index in [1.54, 1.807) is 6.08 Å². The Balaban J connectivity index is -0.000000944. The fourth-order valence-corrected chi connectivity index (χ4v) is 8.93. The van der Waals surface area contributed by atoms with Crippen molar-refractivity contribution in [3.63, 3.8) is 0 Å². The summed E-state index contributed by atoms with van der Waals surface area (Å²) in [6.07, 6.45) is 33.1. The van der Waals surface area contributed by atoms with Gasteiger partial charge in [-0.2, -0.15) is 0 Å². The van der Waals surface area contributed by atoms with Crippen molar-refractivity contribution < 1.29 is 101 Å². The highest BCUT2D eigenvalue weighted by Crippen LogP contribution is 2.19. The van der Waals surface area contributed by atoms with Crippen LogP contribution in [0.5, 0.6) is 0 Å². The summed E-state index contributed by atoms with van der Waals surface area (Å²) in [4.78, 5) is 72.2. The van der Waals surface area contributed by atoms with E-state index in [-0.39, 0.29) is 86.9 Å². The first-order chi connectivity index (χ1) is 38.1. The van der Waals surface area contributed by atoms with Gasteiger partial charge in [-0.15, -0.1) is 6.58 Å². The molecule has 0 fully saturated rings. The molecule has 0 aromatic heterocycles. The third-order valence-corrected chi connectivity index (χ3v) is 14.0. The number of aliphatic hydroxyl groups excluding tert-OH is 2. The molecule has 0 aromatic rings. The van der Waals surface area contributed by atoms with Crippen LogP contribution in [0.2, 0.25) is 0 Å². The lowest BCUT2D eigenvalue weighted by Gasteiger charge is -2.30. The largest absolute Gasteiger partial charge is 1.00 e. The molecule has 0 radical (unpaired) electrons. The third kappa shape index (κ3) is 55.9. The maximum absolute atomic E-state index is 12.8. The van der Waals surface area contributed by atoms with Crippen LogP contribution < -0.4 is 24.8 Å². The second kappa shape index (κ2) is 56.8. The zero-order chi connectivity index (χ0) is 60.3. The van der Waals surface area contributed by atoms with Gasteiger partial charge in [0.1, 0.15) is 38.5 Å². The van der Waals surface area contributed by atoms with Crippen LogP contribution in [-0.4, -0.2) is 153 Å². The van der Waals surface area contributed by atoms with E-state index in [9.17, 15) is 39.0 Å². The number of quaternary nitrogens is 2. The number of aliphatic hydroxyl groups is 2. The highest BCUT2D eigenvalue weighted by atomic mass is 35.5. The molecule has 2 N–H and O–H groups in total. The van der Waals surface area contributed by atoms with E-state index in [4.69, 9.17) is 28.4 Å². The average Bonchev–Trinajstić information content (AvgIpc) is 3.38. The van der Waals surface area contributed by atoms with Crippen LogP contribution in [-0.2, 0) is 57.2 Å². The average molecular weight is 1210 g/mol. The summed E-state index contributed by atoms with van der Waals surface area (Å²) in [5.41, 5.74) is 0. The fourth-order valence-electron chi connectivity index (χ4n) is 8.93. The van der Waals surface area contributed by atoms with Crippen LogP contribution in [0.4, 0.5) is 0 Å². The van der Waals surface area contributed by atoms with Crippen molar-refractivity contribution in [2.75, 3.05) is 67.6 Å². The molecule has 0 aromatic carbocycles. The molecule has 0 rings (SSSR count). The highest BCUT2D eigenvalue weighted by molar-refractivity contribution is 5.72. The third-order valence-electron chi connectivity index (χ3n) is 14.0.